The predicted molar refractivity (Wildman–Crippen MR) is 82.8 cm³/mol. The third-order valence-electron chi connectivity index (χ3n) is 3.78. The van der Waals surface area contributed by atoms with Crippen molar-refractivity contribution in [2.45, 2.75) is 6.54 Å². The van der Waals surface area contributed by atoms with Crippen molar-refractivity contribution in [1.29, 1.82) is 0 Å². The number of carbonyl (C=O) groups is 3. The number of amides is 2. The second-order valence-corrected chi connectivity index (χ2v) is 5.27. The quantitative estimate of drug-likeness (QED) is 0.687. The highest BCUT2D eigenvalue weighted by molar-refractivity contribution is 6.20. The molecule has 1 aromatic heterocycles. The van der Waals surface area contributed by atoms with E-state index in [1.807, 2.05) is 24.3 Å². The average molecular weight is 321 g/mol. The Morgan fingerprint density at radius 1 is 0.958 bits per heavy atom. The van der Waals surface area contributed by atoms with Gasteiger partial charge in [0.2, 0.25) is 0 Å². The fourth-order valence-corrected chi connectivity index (χ4v) is 2.65. The largest absolute Gasteiger partial charge is 0.354 e. The monoisotopic (exact) mass is 321 g/mol. The van der Waals surface area contributed by atoms with E-state index in [-0.39, 0.29) is 17.7 Å². The van der Waals surface area contributed by atoms with Crippen LogP contribution in [0.4, 0.5) is 0 Å². The number of nitrogens with zero attached hydrogens (tertiary/aromatic N) is 3. The van der Waals surface area contributed by atoms with E-state index in [9.17, 15) is 14.4 Å². The Morgan fingerprint density at radius 3 is 2.29 bits per heavy atom. The van der Waals surface area contributed by atoms with Crippen LogP contribution in [0.3, 0.4) is 0 Å². The molecule has 7 heteroatoms. The molecule has 118 valence electrons. The number of hydrogen-bond acceptors (Lipinski definition) is 5. The third-order valence-corrected chi connectivity index (χ3v) is 3.78. The Balaban J connectivity index is 1.53. The lowest BCUT2D eigenvalue weighted by Crippen LogP contribution is -2.34. The number of rotatable bonds is 3. The zero-order valence-corrected chi connectivity index (χ0v) is 12.4. The first kappa shape index (κ1) is 14.1. The normalized spacial score (nSPS) is 13.4. The van der Waals surface area contributed by atoms with E-state index >= 15 is 0 Å². The zero-order chi connectivity index (χ0) is 16.7. The first-order valence-corrected chi connectivity index (χ1v) is 7.24. The van der Waals surface area contributed by atoms with Gasteiger partial charge in [-0.3, -0.25) is 14.3 Å². The smallest absolute Gasteiger partial charge is 0.328 e. The Labute approximate surface area is 136 Å². The van der Waals surface area contributed by atoms with Gasteiger partial charge >= 0.3 is 5.97 Å². The molecule has 0 fully saturated rings. The highest BCUT2D eigenvalue weighted by Crippen LogP contribution is 2.22. The van der Waals surface area contributed by atoms with Crippen LogP contribution in [0.15, 0.2) is 54.7 Å². The lowest BCUT2D eigenvalue weighted by molar-refractivity contribution is -0.169. The van der Waals surface area contributed by atoms with Gasteiger partial charge in [-0.15, -0.1) is 0 Å². The summed E-state index contributed by atoms with van der Waals surface area (Å²) in [5, 5.41) is 5.49. The molecule has 1 aliphatic rings. The molecule has 3 aromatic rings. The summed E-state index contributed by atoms with van der Waals surface area (Å²) in [5.41, 5.74) is 1.21. The first-order chi connectivity index (χ1) is 11.6. The van der Waals surface area contributed by atoms with Crippen molar-refractivity contribution in [3.05, 3.63) is 65.9 Å². The molecular weight excluding hydrogens is 310 g/mol. The molecule has 0 bridgehead atoms. The van der Waals surface area contributed by atoms with Crippen LogP contribution in [0.25, 0.3) is 10.9 Å². The van der Waals surface area contributed by atoms with E-state index in [0.29, 0.717) is 5.06 Å². The minimum absolute atomic E-state index is 0.207. The van der Waals surface area contributed by atoms with Gasteiger partial charge in [-0.25, -0.2) is 4.79 Å². The predicted octanol–water partition coefficient (Wildman–Crippen LogP) is 1.79. The molecule has 2 heterocycles. The maximum atomic E-state index is 12.2. The van der Waals surface area contributed by atoms with Gasteiger partial charge in [0.05, 0.1) is 22.8 Å². The van der Waals surface area contributed by atoms with Crippen molar-refractivity contribution in [3.63, 3.8) is 0 Å². The molecule has 0 atom stereocenters. The van der Waals surface area contributed by atoms with Crippen molar-refractivity contribution in [2.24, 2.45) is 0 Å². The van der Waals surface area contributed by atoms with Gasteiger partial charge in [0.25, 0.3) is 11.8 Å². The fourth-order valence-electron chi connectivity index (χ4n) is 2.65. The van der Waals surface area contributed by atoms with Crippen LogP contribution in [0.1, 0.15) is 20.7 Å². The number of para-hydroxylation sites is 1. The van der Waals surface area contributed by atoms with Gasteiger partial charge in [0, 0.05) is 5.39 Å². The van der Waals surface area contributed by atoms with Crippen LogP contribution in [-0.4, -0.2) is 32.6 Å². The van der Waals surface area contributed by atoms with Crippen molar-refractivity contribution in [3.8, 4) is 0 Å². The summed E-state index contributed by atoms with van der Waals surface area (Å²) in [5.74, 6) is -2.04. The van der Waals surface area contributed by atoms with Crippen molar-refractivity contribution < 1.29 is 19.2 Å². The summed E-state index contributed by atoms with van der Waals surface area (Å²) in [6.07, 6.45) is 1.63. The van der Waals surface area contributed by atoms with Gasteiger partial charge in [-0.2, -0.15) is 5.10 Å². The second kappa shape index (κ2) is 5.31. The highest BCUT2D eigenvalue weighted by atomic mass is 16.7. The van der Waals surface area contributed by atoms with Crippen molar-refractivity contribution in [2.75, 3.05) is 0 Å². The van der Waals surface area contributed by atoms with E-state index in [4.69, 9.17) is 4.84 Å². The lowest BCUT2D eigenvalue weighted by atomic mass is 10.1. The summed E-state index contributed by atoms with van der Waals surface area (Å²) >= 11 is 0. The van der Waals surface area contributed by atoms with Gasteiger partial charge in [0.1, 0.15) is 6.54 Å². The molecule has 7 nitrogen and oxygen atoms in total. The maximum Gasteiger partial charge on any atom is 0.354 e. The Bertz CT molecular complexity index is 957. The lowest BCUT2D eigenvalue weighted by Gasteiger charge is -2.12. The van der Waals surface area contributed by atoms with Crippen LogP contribution in [-0.2, 0) is 16.2 Å². The van der Waals surface area contributed by atoms with Gasteiger partial charge < -0.3 is 4.84 Å². The minimum atomic E-state index is -0.752. The molecule has 0 radical (unpaired) electrons. The van der Waals surface area contributed by atoms with E-state index in [2.05, 4.69) is 5.10 Å². The standard InChI is InChI=1S/C17H11N3O4/c21-15(10-19-14-8-4-1-5-11(14)9-18-19)24-20-16(22)12-6-2-3-7-13(12)17(20)23/h1-9H,10H2. The Morgan fingerprint density at radius 2 is 1.58 bits per heavy atom. The van der Waals surface area contributed by atoms with E-state index < -0.39 is 17.8 Å². The molecule has 1 aliphatic heterocycles. The molecule has 24 heavy (non-hydrogen) atoms. The molecule has 0 spiro atoms. The molecule has 2 amide bonds. The topological polar surface area (TPSA) is 81.5 Å². The molecule has 2 aromatic carbocycles. The summed E-state index contributed by atoms with van der Waals surface area (Å²) < 4.78 is 1.45. The molecule has 4 rings (SSSR count). The number of hydrogen-bond donors (Lipinski definition) is 0. The van der Waals surface area contributed by atoms with Crippen LogP contribution >= 0.6 is 0 Å². The van der Waals surface area contributed by atoms with Crippen LogP contribution in [0.2, 0.25) is 0 Å². The first-order valence-electron chi connectivity index (χ1n) is 7.24. The average Bonchev–Trinajstić information content (AvgIpc) is 3.11. The number of carbonyl (C=O) groups excluding carboxylic acids is 3. The third kappa shape index (κ3) is 2.14. The number of fused-ring (bicyclic) bond motifs is 2. The Kier molecular flexibility index (Phi) is 3.13. The second-order valence-electron chi connectivity index (χ2n) is 5.27. The minimum Gasteiger partial charge on any atom is -0.328 e. The summed E-state index contributed by atoms with van der Waals surface area (Å²) in [7, 11) is 0. The molecule has 0 aliphatic carbocycles. The Hall–Kier alpha value is -3.48. The van der Waals surface area contributed by atoms with Crippen molar-refractivity contribution in [1.82, 2.24) is 14.8 Å². The maximum absolute atomic E-state index is 12.2. The van der Waals surface area contributed by atoms with Crippen LogP contribution in [0, 0.1) is 0 Å². The molecule has 0 saturated carbocycles. The number of hydroxylamine groups is 2. The van der Waals surface area contributed by atoms with Crippen LogP contribution in [0.5, 0.6) is 0 Å². The van der Waals surface area contributed by atoms with Gasteiger partial charge in [0.15, 0.2) is 0 Å². The van der Waals surface area contributed by atoms with Gasteiger partial charge in [-0.05, 0) is 18.2 Å². The zero-order valence-electron chi connectivity index (χ0n) is 12.4. The van der Waals surface area contributed by atoms with E-state index in [1.165, 1.54) is 16.8 Å². The molecule has 0 N–H and O–H groups in total. The van der Waals surface area contributed by atoms with Crippen LogP contribution < -0.4 is 0 Å². The highest BCUT2D eigenvalue weighted by Gasteiger charge is 2.38. The summed E-state index contributed by atoms with van der Waals surface area (Å²) in [4.78, 5) is 41.4. The number of benzene rings is 2. The summed E-state index contributed by atoms with van der Waals surface area (Å²) in [6, 6.07) is 13.7. The van der Waals surface area contributed by atoms with E-state index in [0.717, 1.165) is 10.9 Å². The van der Waals surface area contributed by atoms with Gasteiger partial charge in [-0.1, -0.05) is 35.4 Å². The van der Waals surface area contributed by atoms with E-state index in [1.54, 1.807) is 18.3 Å². The summed E-state index contributed by atoms with van der Waals surface area (Å²) in [6.45, 7) is -0.207. The molecule has 0 saturated heterocycles. The molecular formula is C17H11N3O4. The number of aromatic nitrogens is 2. The number of imide groups is 1. The fraction of sp³-hybridized carbons (Fsp3) is 0.0588. The van der Waals surface area contributed by atoms with Crippen molar-refractivity contribution >= 4 is 28.7 Å². The molecule has 0 unspecified atom stereocenters. The SMILES string of the molecule is O=C(Cn1ncc2ccccc21)ON1C(=O)c2ccccc2C1=O.